The Balaban J connectivity index is 1.40. The number of halogens is 1. The van der Waals surface area contributed by atoms with Crippen LogP contribution >= 0.6 is 0 Å². The lowest BCUT2D eigenvalue weighted by molar-refractivity contribution is 0.0741. The summed E-state index contributed by atoms with van der Waals surface area (Å²) in [6, 6.07) is 3.86. The Kier molecular flexibility index (Phi) is 5.87. The molecular weight excluding hydrogens is 371 g/mol. The second kappa shape index (κ2) is 8.71. The van der Waals surface area contributed by atoms with E-state index in [1.165, 1.54) is 44.4 Å². The van der Waals surface area contributed by atoms with Crippen LogP contribution in [-0.2, 0) is 0 Å². The molecule has 2 fully saturated rings. The molecule has 2 aromatic heterocycles. The fourth-order valence-corrected chi connectivity index (χ4v) is 4.07. The highest BCUT2D eigenvalue weighted by atomic mass is 19.1. The van der Waals surface area contributed by atoms with Crippen LogP contribution in [0.2, 0.25) is 0 Å². The van der Waals surface area contributed by atoms with Crippen molar-refractivity contribution < 1.29 is 9.18 Å². The minimum Gasteiger partial charge on any atom is -0.353 e. The van der Waals surface area contributed by atoms with Gasteiger partial charge in [0.1, 0.15) is 5.82 Å². The molecule has 0 radical (unpaired) electrons. The first kappa shape index (κ1) is 19.5. The van der Waals surface area contributed by atoms with E-state index in [4.69, 9.17) is 4.98 Å². The quantitative estimate of drug-likeness (QED) is 0.853. The maximum Gasteiger partial charge on any atom is 0.257 e. The average molecular weight is 398 g/mol. The van der Waals surface area contributed by atoms with Crippen LogP contribution in [0.4, 0.5) is 16.2 Å². The van der Waals surface area contributed by atoms with Crippen LogP contribution in [0.5, 0.6) is 0 Å². The third kappa shape index (κ3) is 4.63. The van der Waals surface area contributed by atoms with Gasteiger partial charge in [-0.15, -0.1) is 0 Å². The number of anilines is 2. The summed E-state index contributed by atoms with van der Waals surface area (Å²) in [5.74, 6) is 0.690. The molecule has 0 bridgehead atoms. The monoisotopic (exact) mass is 398 g/mol. The van der Waals surface area contributed by atoms with Gasteiger partial charge >= 0.3 is 0 Å². The first-order valence-corrected chi connectivity index (χ1v) is 10.4. The maximum absolute atomic E-state index is 13.9. The average Bonchev–Trinajstić information content (AvgIpc) is 2.74. The molecule has 29 heavy (non-hydrogen) atoms. The van der Waals surface area contributed by atoms with Gasteiger partial charge in [-0.25, -0.2) is 9.37 Å². The van der Waals surface area contributed by atoms with Gasteiger partial charge < -0.3 is 15.1 Å². The van der Waals surface area contributed by atoms with Gasteiger partial charge in [-0.3, -0.25) is 9.78 Å². The first-order chi connectivity index (χ1) is 14.1. The summed E-state index contributed by atoms with van der Waals surface area (Å²) < 4.78 is 13.9. The molecule has 1 aliphatic carbocycles. The summed E-state index contributed by atoms with van der Waals surface area (Å²) in [5.41, 5.74) is 0.996. The van der Waals surface area contributed by atoms with Crippen molar-refractivity contribution in [2.24, 2.45) is 0 Å². The smallest absolute Gasteiger partial charge is 0.257 e. The minimum absolute atomic E-state index is 0.0744. The lowest BCUT2D eigenvalue weighted by Gasteiger charge is -2.35. The van der Waals surface area contributed by atoms with Gasteiger partial charge in [-0.2, -0.15) is 4.98 Å². The summed E-state index contributed by atoms with van der Waals surface area (Å²) >= 11 is 0. The molecule has 7 nitrogen and oxygen atoms in total. The molecule has 1 amide bonds. The first-order valence-electron chi connectivity index (χ1n) is 10.4. The fourth-order valence-electron chi connectivity index (χ4n) is 4.07. The molecule has 0 aromatic carbocycles. The molecule has 1 saturated heterocycles. The molecule has 2 aromatic rings. The Morgan fingerprint density at radius 3 is 2.62 bits per heavy atom. The Labute approximate surface area is 170 Å². The van der Waals surface area contributed by atoms with E-state index in [1.54, 1.807) is 4.90 Å². The zero-order valence-corrected chi connectivity index (χ0v) is 16.8. The lowest BCUT2D eigenvalue weighted by Crippen LogP contribution is -2.49. The number of hydrogen-bond acceptors (Lipinski definition) is 6. The number of hydrogen-bond donors (Lipinski definition) is 1. The van der Waals surface area contributed by atoms with Gasteiger partial charge in [0.15, 0.2) is 5.82 Å². The number of carbonyl (C=O) groups is 1. The Morgan fingerprint density at radius 2 is 1.90 bits per heavy atom. The van der Waals surface area contributed by atoms with E-state index >= 15 is 0 Å². The third-order valence-electron chi connectivity index (χ3n) is 5.67. The number of carbonyl (C=O) groups excluding carboxylic acids is 1. The molecule has 2 aliphatic rings. The van der Waals surface area contributed by atoms with Gasteiger partial charge in [0, 0.05) is 50.2 Å². The van der Waals surface area contributed by atoms with Crippen LogP contribution in [0.1, 0.15) is 48.2 Å². The SMILES string of the molecule is Cc1cc(N2CCN(C(=O)c3ccncc3F)CC2)nc(NC2CCCCC2)n1. The molecule has 0 atom stereocenters. The molecular formula is C21H27FN6O. The van der Waals surface area contributed by atoms with Crippen LogP contribution in [-0.4, -0.2) is 58.0 Å². The number of aryl methyl sites for hydroxylation is 1. The number of rotatable bonds is 4. The molecule has 4 rings (SSSR count). The van der Waals surface area contributed by atoms with Crippen LogP contribution in [0.15, 0.2) is 24.5 Å². The molecule has 1 N–H and O–H groups in total. The van der Waals surface area contributed by atoms with Gasteiger partial charge in [0.05, 0.1) is 11.8 Å². The largest absolute Gasteiger partial charge is 0.353 e. The Bertz CT molecular complexity index is 862. The van der Waals surface area contributed by atoms with Crippen molar-refractivity contribution in [1.82, 2.24) is 19.9 Å². The minimum atomic E-state index is -0.579. The molecule has 154 valence electrons. The molecule has 1 saturated carbocycles. The number of aromatic nitrogens is 3. The highest BCUT2D eigenvalue weighted by molar-refractivity contribution is 5.94. The van der Waals surface area contributed by atoms with Crippen molar-refractivity contribution in [3.63, 3.8) is 0 Å². The number of piperazine rings is 1. The number of nitrogens with one attached hydrogen (secondary N) is 1. The molecule has 0 unspecified atom stereocenters. The zero-order chi connectivity index (χ0) is 20.2. The van der Waals surface area contributed by atoms with Gasteiger partial charge in [0.2, 0.25) is 5.95 Å². The lowest BCUT2D eigenvalue weighted by atomic mass is 9.96. The van der Waals surface area contributed by atoms with Crippen molar-refractivity contribution in [2.75, 3.05) is 36.4 Å². The number of pyridine rings is 1. The van der Waals surface area contributed by atoms with Crippen LogP contribution in [0.25, 0.3) is 0 Å². The summed E-state index contributed by atoms with van der Waals surface area (Å²) in [6.45, 7) is 4.32. The zero-order valence-electron chi connectivity index (χ0n) is 16.8. The summed E-state index contributed by atoms with van der Waals surface area (Å²) in [7, 11) is 0. The van der Waals surface area contributed by atoms with E-state index in [2.05, 4.69) is 20.2 Å². The predicted octanol–water partition coefficient (Wildman–Crippen LogP) is 3.03. The second-order valence-corrected chi connectivity index (χ2v) is 7.81. The number of nitrogens with zero attached hydrogens (tertiary/aromatic N) is 5. The Hall–Kier alpha value is -2.77. The van der Waals surface area contributed by atoms with Gasteiger partial charge in [-0.1, -0.05) is 19.3 Å². The molecule has 0 spiro atoms. The van der Waals surface area contributed by atoms with Crippen molar-refractivity contribution in [3.8, 4) is 0 Å². The van der Waals surface area contributed by atoms with Crippen molar-refractivity contribution in [3.05, 3.63) is 41.6 Å². The highest BCUT2D eigenvalue weighted by Crippen LogP contribution is 2.23. The highest BCUT2D eigenvalue weighted by Gasteiger charge is 2.25. The molecule has 8 heteroatoms. The molecule has 1 aliphatic heterocycles. The second-order valence-electron chi connectivity index (χ2n) is 7.81. The van der Waals surface area contributed by atoms with E-state index < -0.39 is 5.82 Å². The van der Waals surface area contributed by atoms with Gasteiger partial charge in [0.25, 0.3) is 5.91 Å². The topological polar surface area (TPSA) is 74.2 Å². The van der Waals surface area contributed by atoms with E-state index in [0.29, 0.717) is 38.2 Å². The van der Waals surface area contributed by atoms with Crippen molar-refractivity contribution in [2.45, 2.75) is 45.1 Å². The van der Waals surface area contributed by atoms with E-state index in [1.807, 2.05) is 13.0 Å². The van der Waals surface area contributed by atoms with E-state index in [9.17, 15) is 9.18 Å². The Morgan fingerprint density at radius 1 is 1.14 bits per heavy atom. The molecule has 3 heterocycles. The van der Waals surface area contributed by atoms with Gasteiger partial charge in [-0.05, 0) is 25.8 Å². The van der Waals surface area contributed by atoms with Crippen molar-refractivity contribution >= 4 is 17.7 Å². The maximum atomic E-state index is 13.9. The van der Waals surface area contributed by atoms with Crippen LogP contribution in [0.3, 0.4) is 0 Å². The predicted molar refractivity (Wildman–Crippen MR) is 110 cm³/mol. The summed E-state index contributed by atoms with van der Waals surface area (Å²) in [5, 5.41) is 3.49. The van der Waals surface area contributed by atoms with E-state index in [0.717, 1.165) is 17.7 Å². The standard InChI is InChI=1S/C21H27FN6O/c1-15-13-19(26-21(24-15)25-16-5-3-2-4-6-16)27-9-11-28(12-10-27)20(29)17-7-8-23-14-18(17)22/h7-8,13-14,16H,2-6,9-12H2,1H3,(H,24,25,26). The fraction of sp³-hybridized carbons (Fsp3) is 0.524. The van der Waals surface area contributed by atoms with Crippen LogP contribution in [0, 0.1) is 12.7 Å². The van der Waals surface area contributed by atoms with Crippen LogP contribution < -0.4 is 10.2 Å². The van der Waals surface area contributed by atoms with Crippen molar-refractivity contribution in [1.29, 1.82) is 0 Å². The number of amides is 1. The summed E-state index contributed by atoms with van der Waals surface area (Å²) in [4.78, 5) is 29.4. The third-order valence-corrected chi connectivity index (χ3v) is 5.67. The van der Waals surface area contributed by atoms with E-state index in [-0.39, 0.29) is 11.5 Å². The normalized spacial score (nSPS) is 18.0. The summed E-state index contributed by atoms with van der Waals surface area (Å²) in [6.07, 6.45) is 8.67.